The topological polar surface area (TPSA) is 42.3 Å². The van der Waals surface area contributed by atoms with E-state index in [1.165, 1.54) is 5.56 Å². The Hall–Kier alpha value is -2.20. The minimum Gasteiger partial charge on any atom is -0.301 e. The third-order valence-corrected chi connectivity index (χ3v) is 5.65. The number of fused-ring (bicyclic) bond motifs is 4. The summed E-state index contributed by atoms with van der Waals surface area (Å²) in [5.41, 5.74) is 2.30. The molecule has 2 aliphatic rings. The van der Waals surface area contributed by atoms with Crippen LogP contribution in [0.4, 0.5) is 0 Å². The summed E-state index contributed by atoms with van der Waals surface area (Å²) in [6, 6.07) is 15.6. The molecule has 0 aliphatic carbocycles. The lowest BCUT2D eigenvalue weighted by Crippen LogP contribution is -2.51. The van der Waals surface area contributed by atoms with Crippen LogP contribution in [0.2, 0.25) is 0 Å². The Balaban J connectivity index is 1.69. The van der Waals surface area contributed by atoms with E-state index >= 15 is 0 Å². The van der Waals surface area contributed by atoms with Gasteiger partial charge in [-0.25, -0.2) is 0 Å². The maximum atomic E-state index is 12.7. The van der Waals surface area contributed by atoms with Gasteiger partial charge in [0, 0.05) is 49.7 Å². The predicted molar refractivity (Wildman–Crippen MR) is 97.6 cm³/mol. The van der Waals surface area contributed by atoms with Crippen LogP contribution in [0, 0.1) is 5.92 Å². The average Bonchev–Trinajstić information content (AvgIpc) is 2.63. The summed E-state index contributed by atoms with van der Waals surface area (Å²) < 4.78 is 1.80. The molecule has 0 saturated carbocycles. The summed E-state index contributed by atoms with van der Waals surface area (Å²) in [7, 11) is 0. The zero-order chi connectivity index (χ0) is 17.4. The molecule has 1 fully saturated rings. The number of carbonyl (C=O) groups is 1. The molecule has 2 bridgehead atoms. The molecule has 0 N–H and O–H groups in total. The van der Waals surface area contributed by atoms with Gasteiger partial charge >= 0.3 is 0 Å². The Morgan fingerprint density at radius 1 is 1.08 bits per heavy atom. The highest BCUT2D eigenvalue weighted by atomic mass is 16.1. The van der Waals surface area contributed by atoms with Crippen LogP contribution in [0.5, 0.6) is 0 Å². The van der Waals surface area contributed by atoms with Crippen LogP contribution >= 0.6 is 0 Å². The largest absolute Gasteiger partial charge is 0.301 e. The quantitative estimate of drug-likeness (QED) is 0.862. The monoisotopic (exact) mass is 336 g/mol. The third-order valence-electron chi connectivity index (χ3n) is 5.65. The summed E-state index contributed by atoms with van der Waals surface area (Å²) in [5.74, 6) is 0.736. The van der Waals surface area contributed by atoms with Gasteiger partial charge in [-0.1, -0.05) is 43.3 Å². The van der Waals surface area contributed by atoms with E-state index in [1.54, 1.807) is 10.6 Å². The van der Waals surface area contributed by atoms with Crippen LogP contribution in [0.25, 0.3) is 0 Å². The highest BCUT2D eigenvalue weighted by Crippen LogP contribution is 2.42. The number of ketones is 1. The number of likely N-dealkylation sites (tertiary alicyclic amines) is 1. The zero-order valence-corrected chi connectivity index (χ0v) is 14.6. The molecule has 2 aliphatic heterocycles. The average molecular weight is 336 g/mol. The van der Waals surface area contributed by atoms with Gasteiger partial charge in [0.2, 0.25) is 0 Å². The van der Waals surface area contributed by atoms with Crippen molar-refractivity contribution in [3.8, 4) is 0 Å². The molecule has 130 valence electrons. The Bertz CT molecular complexity index is 827. The number of benzene rings is 1. The van der Waals surface area contributed by atoms with E-state index in [4.69, 9.17) is 0 Å². The minimum atomic E-state index is -0.302. The van der Waals surface area contributed by atoms with Crippen molar-refractivity contribution in [2.75, 3.05) is 13.1 Å². The summed E-state index contributed by atoms with van der Waals surface area (Å²) >= 11 is 0. The molecule has 2 aromatic rings. The second-order valence-electron chi connectivity index (χ2n) is 7.30. The van der Waals surface area contributed by atoms with E-state index in [9.17, 15) is 9.59 Å². The maximum Gasteiger partial charge on any atom is 0.251 e. The van der Waals surface area contributed by atoms with Crippen LogP contribution in [0.3, 0.4) is 0 Å². The van der Waals surface area contributed by atoms with Gasteiger partial charge in [0.1, 0.15) is 0 Å². The Morgan fingerprint density at radius 2 is 1.88 bits per heavy atom. The Kier molecular flexibility index (Phi) is 4.30. The molecular formula is C21H24N2O2. The molecule has 1 saturated heterocycles. The number of piperidine rings is 1. The lowest BCUT2D eigenvalue weighted by Gasteiger charge is -2.46. The van der Waals surface area contributed by atoms with Crippen LogP contribution < -0.4 is 5.56 Å². The van der Waals surface area contributed by atoms with Crippen LogP contribution in [0.1, 0.15) is 43.0 Å². The van der Waals surface area contributed by atoms with Crippen molar-refractivity contribution in [2.45, 2.75) is 38.3 Å². The number of hydrogen-bond acceptors (Lipinski definition) is 3. The van der Waals surface area contributed by atoms with Crippen molar-refractivity contribution in [3.63, 3.8) is 0 Å². The van der Waals surface area contributed by atoms with Crippen LogP contribution in [-0.4, -0.2) is 28.3 Å². The van der Waals surface area contributed by atoms with Gasteiger partial charge in [-0.15, -0.1) is 0 Å². The van der Waals surface area contributed by atoms with E-state index in [1.807, 2.05) is 25.1 Å². The molecule has 1 aromatic heterocycles. The van der Waals surface area contributed by atoms with Gasteiger partial charge in [-0.2, -0.15) is 0 Å². The molecule has 0 amide bonds. The smallest absolute Gasteiger partial charge is 0.251 e. The van der Waals surface area contributed by atoms with E-state index in [0.29, 0.717) is 12.3 Å². The lowest BCUT2D eigenvalue weighted by atomic mass is 9.76. The molecule has 0 radical (unpaired) electrons. The molecule has 0 unspecified atom stereocenters. The van der Waals surface area contributed by atoms with Crippen molar-refractivity contribution < 1.29 is 4.79 Å². The van der Waals surface area contributed by atoms with Crippen molar-refractivity contribution >= 4 is 5.78 Å². The standard InChI is InChI=1S/C21H24N2O2/c1-2-19(24)21-17-11-16(18-9-6-10-20(25)23(18)21)13-22(14-17)12-15-7-4-3-5-8-15/h3-10,16-17,21H,2,11-14H2,1H3/t16-,17+,21-/m1/s1. The van der Waals surface area contributed by atoms with E-state index in [2.05, 4.69) is 29.2 Å². The fraction of sp³-hybridized carbons (Fsp3) is 0.429. The summed E-state index contributed by atoms with van der Waals surface area (Å²) in [4.78, 5) is 27.6. The fourth-order valence-corrected chi connectivity index (χ4v) is 4.62. The number of aromatic nitrogens is 1. The van der Waals surface area contributed by atoms with E-state index < -0.39 is 0 Å². The fourth-order valence-electron chi connectivity index (χ4n) is 4.62. The number of hydrogen-bond donors (Lipinski definition) is 0. The number of Topliss-reactive ketones (excluding diaryl/α,β-unsaturated/α-hetero) is 1. The molecule has 1 aromatic carbocycles. The van der Waals surface area contributed by atoms with Gasteiger partial charge < -0.3 is 4.57 Å². The lowest BCUT2D eigenvalue weighted by molar-refractivity contribution is -0.125. The number of pyridine rings is 1. The van der Waals surface area contributed by atoms with E-state index in [0.717, 1.165) is 31.7 Å². The minimum absolute atomic E-state index is 0.0319. The zero-order valence-electron chi connectivity index (χ0n) is 14.6. The molecule has 4 rings (SSSR count). The highest BCUT2D eigenvalue weighted by molar-refractivity contribution is 5.83. The van der Waals surface area contributed by atoms with E-state index in [-0.39, 0.29) is 23.3 Å². The first-order valence-electron chi connectivity index (χ1n) is 9.17. The molecule has 4 nitrogen and oxygen atoms in total. The molecule has 4 heteroatoms. The molecule has 3 heterocycles. The first kappa shape index (κ1) is 16.3. The van der Waals surface area contributed by atoms with Gasteiger partial charge in [0.15, 0.2) is 5.78 Å². The summed E-state index contributed by atoms with van der Waals surface area (Å²) in [6.07, 6.45) is 1.48. The van der Waals surface area contributed by atoms with Crippen molar-refractivity contribution in [1.82, 2.24) is 9.47 Å². The van der Waals surface area contributed by atoms with Crippen molar-refractivity contribution in [1.29, 1.82) is 0 Å². The van der Waals surface area contributed by atoms with Gasteiger partial charge in [-0.05, 0) is 18.1 Å². The summed E-state index contributed by atoms with van der Waals surface area (Å²) in [5, 5.41) is 0. The number of nitrogens with zero attached hydrogens (tertiary/aromatic N) is 2. The number of rotatable bonds is 4. The second-order valence-corrected chi connectivity index (χ2v) is 7.30. The predicted octanol–water partition coefficient (Wildman–Crippen LogP) is 2.99. The van der Waals surface area contributed by atoms with Crippen molar-refractivity contribution in [3.05, 3.63) is 70.1 Å². The van der Waals surface area contributed by atoms with Gasteiger partial charge in [0.05, 0.1) is 6.04 Å². The van der Waals surface area contributed by atoms with Crippen molar-refractivity contribution in [2.24, 2.45) is 5.92 Å². The maximum absolute atomic E-state index is 12.7. The Morgan fingerprint density at radius 3 is 2.64 bits per heavy atom. The van der Waals surface area contributed by atoms with Crippen LogP contribution in [-0.2, 0) is 11.3 Å². The first-order chi connectivity index (χ1) is 12.2. The van der Waals surface area contributed by atoms with Gasteiger partial charge in [-0.3, -0.25) is 14.5 Å². The first-order valence-corrected chi connectivity index (χ1v) is 9.17. The summed E-state index contributed by atoms with van der Waals surface area (Å²) in [6.45, 7) is 4.62. The second kappa shape index (κ2) is 6.60. The normalized spacial score (nSPS) is 25.4. The third kappa shape index (κ3) is 2.95. The number of carbonyl (C=O) groups excluding carboxylic acids is 1. The highest BCUT2D eigenvalue weighted by Gasteiger charge is 2.42. The Labute approximate surface area is 148 Å². The molecule has 25 heavy (non-hydrogen) atoms. The molecule has 0 spiro atoms. The molecule has 3 atom stereocenters. The SMILES string of the molecule is CCC(=O)[C@H]1[C@H]2C[C@H](CN(Cc3ccccc3)C2)c2cccc(=O)n21. The van der Waals surface area contributed by atoms with Gasteiger partial charge in [0.25, 0.3) is 5.56 Å². The molecular weight excluding hydrogens is 312 g/mol. The van der Waals surface area contributed by atoms with Crippen LogP contribution in [0.15, 0.2) is 53.3 Å².